The van der Waals surface area contributed by atoms with Gasteiger partial charge in [-0.1, -0.05) is 6.42 Å². The van der Waals surface area contributed by atoms with Crippen molar-refractivity contribution in [1.29, 1.82) is 5.26 Å². The molecule has 0 aliphatic carbocycles. The number of nitrogens with one attached hydrogen (secondary N) is 1. The maximum Gasteiger partial charge on any atom is 0.222 e. The Bertz CT molecular complexity index is 247. The minimum absolute atomic E-state index is 0.314. The van der Waals surface area contributed by atoms with Crippen molar-refractivity contribution < 1.29 is 4.79 Å². The van der Waals surface area contributed by atoms with Gasteiger partial charge in [-0.2, -0.15) is 5.26 Å². The minimum Gasteiger partial charge on any atom is -0.343 e. The van der Waals surface area contributed by atoms with Gasteiger partial charge in [0.15, 0.2) is 0 Å². The van der Waals surface area contributed by atoms with Gasteiger partial charge in [0.2, 0.25) is 5.91 Å². The molecule has 1 rings (SSSR count). The number of hydrogen-bond donors (Lipinski definition) is 1. The highest BCUT2D eigenvalue weighted by molar-refractivity contribution is 5.76. The summed E-state index contributed by atoms with van der Waals surface area (Å²) in [6.45, 7) is 3.44. The van der Waals surface area contributed by atoms with Crippen LogP contribution in [0.5, 0.6) is 0 Å². The maximum absolute atomic E-state index is 11.6. The third-order valence-electron chi connectivity index (χ3n) is 2.87. The van der Waals surface area contributed by atoms with Crippen LogP contribution in [0.15, 0.2) is 0 Å². The van der Waals surface area contributed by atoms with E-state index in [1.165, 1.54) is 6.42 Å². The van der Waals surface area contributed by atoms with Crippen LogP contribution in [0.25, 0.3) is 0 Å². The second-order valence-corrected chi connectivity index (χ2v) is 4.20. The molecule has 1 aliphatic heterocycles. The Morgan fingerprint density at radius 3 is 3.00 bits per heavy atom. The number of carbonyl (C=O) groups is 1. The average molecular weight is 223 g/mol. The molecule has 4 nitrogen and oxygen atoms in total. The van der Waals surface area contributed by atoms with Gasteiger partial charge in [-0.15, -0.1) is 0 Å². The Balaban J connectivity index is 2.06. The molecule has 1 aliphatic rings. The van der Waals surface area contributed by atoms with Crippen molar-refractivity contribution in [1.82, 2.24) is 10.2 Å². The van der Waals surface area contributed by atoms with E-state index in [4.69, 9.17) is 5.26 Å². The van der Waals surface area contributed by atoms with E-state index < -0.39 is 0 Å². The van der Waals surface area contributed by atoms with Crippen LogP contribution in [0, 0.1) is 11.3 Å². The van der Waals surface area contributed by atoms with Crippen LogP contribution in [-0.2, 0) is 4.79 Å². The molecule has 4 heteroatoms. The summed E-state index contributed by atoms with van der Waals surface area (Å²) in [4.78, 5) is 13.6. The molecule has 1 saturated heterocycles. The zero-order valence-electron chi connectivity index (χ0n) is 9.87. The second-order valence-electron chi connectivity index (χ2n) is 4.20. The van der Waals surface area contributed by atoms with Gasteiger partial charge in [-0.25, -0.2) is 0 Å². The number of nitrogens with zero attached hydrogens (tertiary/aromatic N) is 2. The van der Waals surface area contributed by atoms with Gasteiger partial charge >= 0.3 is 0 Å². The van der Waals surface area contributed by atoms with Crippen molar-refractivity contribution >= 4 is 5.91 Å². The molecule has 16 heavy (non-hydrogen) atoms. The fraction of sp³-hybridized carbons (Fsp3) is 0.833. The Kier molecular flexibility index (Phi) is 6.59. The Labute approximate surface area is 97.6 Å². The van der Waals surface area contributed by atoms with Crippen LogP contribution in [0.3, 0.4) is 0 Å². The predicted molar refractivity (Wildman–Crippen MR) is 62.8 cm³/mol. The van der Waals surface area contributed by atoms with E-state index in [1.807, 2.05) is 4.90 Å². The van der Waals surface area contributed by atoms with Crippen LogP contribution in [0.1, 0.15) is 38.5 Å². The van der Waals surface area contributed by atoms with Gasteiger partial charge in [0.1, 0.15) is 0 Å². The molecule has 0 radical (unpaired) electrons. The summed E-state index contributed by atoms with van der Waals surface area (Å²) in [7, 11) is 0. The minimum atomic E-state index is 0.314. The Hall–Kier alpha value is -1.08. The highest BCUT2D eigenvalue weighted by Crippen LogP contribution is 2.10. The lowest BCUT2D eigenvalue weighted by Crippen LogP contribution is -2.33. The molecule has 1 amide bonds. The highest BCUT2D eigenvalue weighted by Gasteiger charge is 2.15. The molecule has 0 aromatic rings. The lowest BCUT2D eigenvalue weighted by atomic mass is 10.2. The molecule has 0 saturated carbocycles. The van der Waals surface area contributed by atoms with Crippen molar-refractivity contribution in [3.8, 4) is 6.07 Å². The third-order valence-corrected chi connectivity index (χ3v) is 2.87. The highest BCUT2D eigenvalue weighted by atomic mass is 16.2. The first-order valence-electron chi connectivity index (χ1n) is 6.20. The van der Waals surface area contributed by atoms with E-state index in [1.54, 1.807) is 0 Å². The molecular weight excluding hydrogens is 202 g/mol. The zero-order valence-corrected chi connectivity index (χ0v) is 9.87. The van der Waals surface area contributed by atoms with Gasteiger partial charge in [-0.3, -0.25) is 4.79 Å². The van der Waals surface area contributed by atoms with Crippen LogP contribution in [0.2, 0.25) is 0 Å². The molecular formula is C12H21N3O. The third kappa shape index (κ3) is 5.13. The van der Waals surface area contributed by atoms with E-state index in [2.05, 4.69) is 11.4 Å². The van der Waals surface area contributed by atoms with E-state index in [0.29, 0.717) is 12.3 Å². The largest absolute Gasteiger partial charge is 0.343 e. The van der Waals surface area contributed by atoms with Crippen molar-refractivity contribution in [2.45, 2.75) is 38.5 Å². The molecule has 0 unspecified atom stereocenters. The van der Waals surface area contributed by atoms with Crippen molar-refractivity contribution in [2.24, 2.45) is 0 Å². The quantitative estimate of drug-likeness (QED) is 0.690. The molecule has 1 heterocycles. The topological polar surface area (TPSA) is 56.1 Å². The summed E-state index contributed by atoms with van der Waals surface area (Å²) in [5.41, 5.74) is 0. The number of nitriles is 1. The van der Waals surface area contributed by atoms with E-state index in [0.717, 1.165) is 51.9 Å². The molecule has 1 N–H and O–H groups in total. The number of amides is 1. The summed E-state index contributed by atoms with van der Waals surface area (Å²) in [6.07, 6.45) is 5.65. The van der Waals surface area contributed by atoms with E-state index >= 15 is 0 Å². The van der Waals surface area contributed by atoms with Gasteiger partial charge in [-0.05, 0) is 25.8 Å². The normalized spacial score (nSPS) is 16.9. The monoisotopic (exact) mass is 223 g/mol. The number of rotatable bonds is 6. The van der Waals surface area contributed by atoms with Crippen LogP contribution in [0.4, 0.5) is 0 Å². The summed E-state index contributed by atoms with van der Waals surface area (Å²) in [5, 5.41) is 11.5. The fourth-order valence-electron chi connectivity index (χ4n) is 1.94. The summed E-state index contributed by atoms with van der Waals surface area (Å²) in [5.74, 6) is 0.314. The molecule has 1 fully saturated rings. The van der Waals surface area contributed by atoms with Gasteiger partial charge in [0.25, 0.3) is 0 Å². The van der Waals surface area contributed by atoms with Crippen molar-refractivity contribution in [3.05, 3.63) is 0 Å². The molecule has 0 bridgehead atoms. The first-order valence-corrected chi connectivity index (χ1v) is 6.20. The van der Waals surface area contributed by atoms with Crippen LogP contribution >= 0.6 is 0 Å². The lowest BCUT2D eigenvalue weighted by Gasteiger charge is -2.20. The van der Waals surface area contributed by atoms with E-state index in [-0.39, 0.29) is 0 Å². The molecule has 0 spiro atoms. The summed E-state index contributed by atoms with van der Waals surface area (Å²) >= 11 is 0. The molecule has 0 atom stereocenters. The van der Waals surface area contributed by atoms with Gasteiger partial charge < -0.3 is 10.2 Å². The molecule has 90 valence electrons. The predicted octanol–water partition coefficient (Wildman–Crippen LogP) is 1.28. The van der Waals surface area contributed by atoms with Crippen LogP contribution < -0.4 is 5.32 Å². The van der Waals surface area contributed by atoms with Crippen molar-refractivity contribution in [3.63, 3.8) is 0 Å². The zero-order chi connectivity index (χ0) is 11.6. The number of carbonyl (C=O) groups excluding carboxylic acids is 1. The first kappa shape index (κ1) is 13.0. The SMILES string of the molecule is N#CCCNCCCN1CCCCCC1=O. The second kappa shape index (κ2) is 8.12. The average Bonchev–Trinajstić information content (AvgIpc) is 2.49. The molecule has 0 aromatic heterocycles. The van der Waals surface area contributed by atoms with E-state index in [9.17, 15) is 4.79 Å². The standard InChI is InChI=1S/C12H21N3O/c13-7-4-8-14-9-5-11-15-10-3-1-2-6-12(15)16/h14H,1-6,8-11H2. The lowest BCUT2D eigenvalue weighted by molar-refractivity contribution is -0.130. The summed E-state index contributed by atoms with van der Waals surface area (Å²) < 4.78 is 0. The Morgan fingerprint density at radius 2 is 2.19 bits per heavy atom. The molecule has 0 aromatic carbocycles. The van der Waals surface area contributed by atoms with Crippen molar-refractivity contribution in [2.75, 3.05) is 26.2 Å². The maximum atomic E-state index is 11.6. The Morgan fingerprint density at radius 1 is 1.31 bits per heavy atom. The van der Waals surface area contributed by atoms with Gasteiger partial charge in [0.05, 0.1) is 6.07 Å². The number of hydrogen-bond acceptors (Lipinski definition) is 3. The smallest absolute Gasteiger partial charge is 0.222 e. The summed E-state index contributed by atoms with van der Waals surface area (Å²) in [6, 6.07) is 2.10. The fourth-order valence-corrected chi connectivity index (χ4v) is 1.94. The first-order chi connectivity index (χ1) is 7.84. The number of likely N-dealkylation sites (tertiary alicyclic amines) is 1. The van der Waals surface area contributed by atoms with Gasteiger partial charge in [0, 0.05) is 32.5 Å². The van der Waals surface area contributed by atoms with Crippen LogP contribution in [-0.4, -0.2) is 37.0 Å².